The van der Waals surface area contributed by atoms with Crippen LogP contribution in [-0.4, -0.2) is 5.97 Å². The number of hydrogen-bond acceptors (Lipinski definition) is 3. The lowest BCUT2D eigenvalue weighted by molar-refractivity contribution is -0.148. The molecule has 0 aliphatic heterocycles. The fraction of sp³-hybridized carbons (Fsp3) is 0.444. The maximum absolute atomic E-state index is 11.0. The minimum absolute atomic E-state index is 0.0723. The average Bonchev–Trinajstić information content (AvgIpc) is 2.51. The highest BCUT2D eigenvalue weighted by atomic mass is 16.5. The van der Waals surface area contributed by atoms with Crippen molar-refractivity contribution in [2.75, 3.05) is 0 Å². The van der Waals surface area contributed by atoms with Gasteiger partial charge in [0.25, 0.3) is 0 Å². The van der Waals surface area contributed by atoms with Crippen LogP contribution in [0.1, 0.15) is 19.4 Å². The Morgan fingerprint density at radius 2 is 2.42 bits per heavy atom. The fourth-order valence-corrected chi connectivity index (χ4v) is 0.696. The van der Waals surface area contributed by atoms with Crippen molar-refractivity contribution in [1.29, 1.82) is 0 Å². The van der Waals surface area contributed by atoms with Gasteiger partial charge in [-0.05, 0) is 6.07 Å². The van der Waals surface area contributed by atoms with Gasteiger partial charge < -0.3 is 9.15 Å². The molecule has 1 heterocycles. The van der Waals surface area contributed by atoms with Crippen molar-refractivity contribution in [2.24, 2.45) is 5.92 Å². The average molecular weight is 168 g/mol. The first kappa shape index (κ1) is 8.84. The summed E-state index contributed by atoms with van der Waals surface area (Å²) in [7, 11) is 0. The molecular weight excluding hydrogens is 156 g/mol. The summed E-state index contributed by atoms with van der Waals surface area (Å²) in [6.07, 6.45) is 3.12. The van der Waals surface area contributed by atoms with E-state index in [4.69, 9.17) is 9.15 Å². The molecule has 3 nitrogen and oxygen atoms in total. The molecule has 0 amide bonds. The van der Waals surface area contributed by atoms with Gasteiger partial charge in [0, 0.05) is 5.56 Å². The largest absolute Gasteiger partial charge is 0.472 e. The van der Waals surface area contributed by atoms with E-state index in [1.54, 1.807) is 32.4 Å². The van der Waals surface area contributed by atoms with Crippen LogP contribution in [0.2, 0.25) is 0 Å². The molecule has 66 valence electrons. The Morgan fingerprint density at radius 3 is 2.92 bits per heavy atom. The second kappa shape index (κ2) is 3.95. The molecule has 1 aromatic heterocycles. The Kier molecular flexibility index (Phi) is 2.91. The summed E-state index contributed by atoms with van der Waals surface area (Å²) in [6.45, 7) is 3.91. The van der Waals surface area contributed by atoms with Gasteiger partial charge in [-0.1, -0.05) is 13.8 Å². The van der Waals surface area contributed by atoms with Gasteiger partial charge >= 0.3 is 5.97 Å². The highest BCUT2D eigenvalue weighted by Crippen LogP contribution is 2.04. The first-order valence-electron chi connectivity index (χ1n) is 3.88. The smallest absolute Gasteiger partial charge is 0.308 e. The van der Waals surface area contributed by atoms with Crippen LogP contribution in [0.3, 0.4) is 0 Å². The normalized spacial score (nSPS) is 10.2. The number of carbonyl (C=O) groups is 1. The molecule has 0 aliphatic carbocycles. The van der Waals surface area contributed by atoms with Crippen molar-refractivity contribution in [3.63, 3.8) is 0 Å². The van der Waals surface area contributed by atoms with Gasteiger partial charge in [-0.25, -0.2) is 0 Å². The lowest BCUT2D eigenvalue weighted by Gasteiger charge is -2.04. The molecule has 0 saturated heterocycles. The quantitative estimate of drug-likeness (QED) is 0.648. The van der Waals surface area contributed by atoms with Crippen LogP contribution in [0.4, 0.5) is 0 Å². The fourth-order valence-electron chi connectivity index (χ4n) is 0.696. The Bertz CT molecular complexity index is 236. The molecule has 0 saturated carbocycles. The Hall–Kier alpha value is -1.25. The molecule has 0 radical (unpaired) electrons. The zero-order chi connectivity index (χ0) is 8.97. The van der Waals surface area contributed by atoms with Crippen molar-refractivity contribution in [3.8, 4) is 0 Å². The van der Waals surface area contributed by atoms with Crippen LogP contribution in [0.5, 0.6) is 0 Å². The number of furan rings is 1. The molecule has 0 aromatic carbocycles. The van der Waals surface area contributed by atoms with E-state index >= 15 is 0 Å². The summed E-state index contributed by atoms with van der Waals surface area (Å²) in [5.41, 5.74) is 0.879. The van der Waals surface area contributed by atoms with E-state index in [0.717, 1.165) is 5.56 Å². The molecule has 0 N–H and O–H groups in total. The zero-order valence-corrected chi connectivity index (χ0v) is 7.24. The van der Waals surface area contributed by atoms with E-state index in [-0.39, 0.29) is 11.9 Å². The highest BCUT2D eigenvalue weighted by Gasteiger charge is 2.07. The summed E-state index contributed by atoms with van der Waals surface area (Å²) in [6, 6.07) is 1.77. The predicted molar refractivity (Wildman–Crippen MR) is 43.3 cm³/mol. The van der Waals surface area contributed by atoms with Gasteiger partial charge in [0.05, 0.1) is 18.4 Å². The van der Waals surface area contributed by atoms with Crippen LogP contribution in [0.25, 0.3) is 0 Å². The molecule has 12 heavy (non-hydrogen) atoms. The molecule has 3 heteroatoms. The minimum Gasteiger partial charge on any atom is -0.472 e. The molecule has 0 spiro atoms. The van der Waals surface area contributed by atoms with E-state index in [2.05, 4.69) is 0 Å². The van der Waals surface area contributed by atoms with Gasteiger partial charge in [0.2, 0.25) is 0 Å². The molecule has 0 unspecified atom stereocenters. The van der Waals surface area contributed by atoms with Crippen molar-refractivity contribution < 1.29 is 13.9 Å². The van der Waals surface area contributed by atoms with Crippen LogP contribution < -0.4 is 0 Å². The summed E-state index contributed by atoms with van der Waals surface area (Å²) in [4.78, 5) is 11.0. The SMILES string of the molecule is CC(C)C(=O)OCc1ccoc1. The molecule has 0 bridgehead atoms. The summed E-state index contributed by atoms with van der Waals surface area (Å²) < 4.78 is 9.76. The molecule has 1 aromatic rings. The lowest BCUT2D eigenvalue weighted by Crippen LogP contribution is -2.10. The molecule has 1 rings (SSSR count). The van der Waals surface area contributed by atoms with Crippen molar-refractivity contribution in [3.05, 3.63) is 24.2 Å². The van der Waals surface area contributed by atoms with Gasteiger partial charge in [-0.2, -0.15) is 0 Å². The van der Waals surface area contributed by atoms with Gasteiger partial charge in [0.1, 0.15) is 6.61 Å². The zero-order valence-electron chi connectivity index (χ0n) is 7.24. The van der Waals surface area contributed by atoms with Gasteiger partial charge in [-0.15, -0.1) is 0 Å². The first-order valence-corrected chi connectivity index (χ1v) is 3.88. The number of esters is 1. The van der Waals surface area contributed by atoms with E-state index in [1.807, 2.05) is 0 Å². The minimum atomic E-state index is -0.184. The Balaban J connectivity index is 2.32. The Morgan fingerprint density at radius 1 is 1.67 bits per heavy atom. The summed E-state index contributed by atoms with van der Waals surface area (Å²) >= 11 is 0. The third-order valence-corrected chi connectivity index (χ3v) is 1.43. The second-order valence-corrected chi connectivity index (χ2v) is 2.89. The molecular formula is C9H12O3. The van der Waals surface area contributed by atoms with Crippen molar-refractivity contribution >= 4 is 5.97 Å². The topological polar surface area (TPSA) is 39.4 Å². The molecule has 0 aliphatic rings. The maximum Gasteiger partial charge on any atom is 0.308 e. The highest BCUT2D eigenvalue weighted by molar-refractivity contribution is 5.71. The van der Waals surface area contributed by atoms with E-state index in [1.165, 1.54) is 0 Å². The number of carbonyl (C=O) groups excluding carboxylic acids is 1. The van der Waals surface area contributed by atoms with Gasteiger partial charge in [0.15, 0.2) is 0 Å². The Labute approximate surface area is 71.3 Å². The van der Waals surface area contributed by atoms with Crippen LogP contribution in [0.15, 0.2) is 23.0 Å². The standard InChI is InChI=1S/C9H12O3/c1-7(2)9(10)12-6-8-3-4-11-5-8/h3-5,7H,6H2,1-2H3. The predicted octanol–water partition coefficient (Wildman–Crippen LogP) is 1.98. The van der Waals surface area contributed by atoms with Gasteiger partial charge in [-0.3, -0.25) is 4.79 Å². The van der Waals surface area contributed by atoms with Crippen molar-refractivity contribution in [2.45, 2.75) is 20.5 Å². The third-order valence-electron chi connectivity index (χ3n) is 1.43. The maximum atomic E-state index is 11.0. The number of ether oxygens (including phenoxy) is 1. The number of rotatable bonds is 3. The summed E-state index contributed by atoms with van der Waals surface area (Å²) in [5, 5.41) is 0. The van der Waals surface area contributed by atoms with E-state index in [0.29, 0.717) is 6.61 Å². The van der Waals surface area contributed by atoms with Crippen LogP contribution in [0, 0.1) is 5.92 Å². The molecule has 0 fully saturated rings. The van der Waals surface area contributed by atoms with E-state index < -0.39 is 0 Å². The number of hydrogen-bond donors (Lipinski definition) is 0. The lowest BCUT2D eigenvalue weighted by atomic mass is 10.2. The summed E-state index contributed by atoms with van der Waals surface area (Å²) in [5.74, 6) is -0.256. The third kappa shape index (κ3) is 2.42. The molecule has 0 atom stereocenters. The van der Waals surface area contributed by atoms with Crippen molar-refractivity contribution in [1.82, 2.24) is 0 Å². The monoisotopic (exact) mass is 168 g/mol. The van der Waals surface area contributed by atoms with E-state index in [9.17, 15) is 4.79 Å². The second-order valence-electron chi connectivity index (χ2n) is 2.89. The first-order chi connectivity index (χ1) is 5.70. The van der Waals surface area contributed by atoms with Crippen LogP contribution >= 0.6 is 0 Å². The van der Waals surface area contributed by atoms with Crippen LogP contribution in [-0.2, 0) is 16.1 Å².